The lowest BCUT2D eigenvalue weighted by Gasteiger charge is -2.39. The van der Waals surface area contributed by atoms with E-state index in [1.165, 1.54) is 7.11 Å². The number of nitrogens with zero attached hydrogens (tertiary/aromatic N) is 2. The fourth-order valence-corrected chi connectivity index (χ4v) is 6.01. The number of hydrogen-bond acceptors (Lipinski definition) is 14. The van der Waals surface area contributed by atoms with Gasteiger partial charge in [-0.15, -0.1) is 0 Å². The third-order valence-electron chi connectivity index (χ3n) is 9.84. The summed E-state index contributed by atoms with van der Waals surface area (Å²) >= 11 is 0. The second-order valence-electron chi connectivity index (χ2n) is 15.1. The number of benzene rings is 1. The lowest BCUT2D eigenvalue weighted by Crippen LogP contribution is -2.49. The predicted molar refractivity (Wildman–Crippen MR) is 263 cm³/mol. The standard InChI is InChI=1S/C26H37N3O6.C10H22N2O3.C7H16O.2C2H6.CH4O.H3N/c1-6-33-25(31)18(4)23(30)14-17(3)35-24-15-19(13-16(2)34-24)29(5)26(32)28-22-11-12-27-21-10-8-7-9-20(21)22;1-5-6-7(2)9(13)11-8(3)10(14)12-15-4;1-4-6-8-7(3)5-2;3*1-2;/h7-12,16-19,23-24,30H,6,13-15H2,1-5H3,(H,27,28,32);7-8,10,12,14H,5-6H2,1-4H3,(H,11,13);7H,4-6H2,1-3H3;2*1-2H3;2H,1H3;1H3/t16?,17-,18?,19?,23-,24?;7-,8?,10?;;;;;/m01...../s1. The molecule has 17 heteroatoms. The number of rotatable bonds is 20. The number of amides is 3. The van der Waals surface area contributed by atoms with E-state index in [9.17, 15) is 24.6 Å². The quantitative estimate of drug-likeness (QED) is 0.0375. The zero-order valence-corrected chi connectivity index (χ0v) is 43.3. The highest BCUT2D eigenvalue weighted by molar-refractivity contribution is 6.00. The molecule has 3 rings (SSSR count). The number of carbonyl (C=O) groups excluding carboxylic acids is 3. The number of aliphatic hydroxyl groups is 3. The highest BCUT2D eigenvalue weighted by Gasteiger charge is 2.34. The highest BCUT2D eigenvalue weighted by Crippen LogP contribution is 2.27. The minimum absolute atomic E-state index is 0. The fourth-order valence-electron chi connectivity index (χ4n) is 6.01. The van der Waals surface area contributed by atoms with Crippen LogP contribution in [0.1, 0.15) is 142 Å². The summed E-state index contributed by atoms with van der Waals surface area (Å²) in [4.78, 5) is 47.1. The number of hydroxylamine groups is 1. The van der Waals surface area contributed by atoms with Crippen molar-refractivity contribution in [2.75, 3.05) is 39.8 Å². The number of esters is 1. The number of urea groups is 1. The van der Waals surface area contributed by atoms with Crippen LogP contribution in [0.15, 0.2) is 36.5 Å². The van der Waals surface area contributed by atoms with Crippen LogP contribution in [0.5, 0.6) is 0 Å². The summed E-state index contributed by atoms with van der Waals surface area (Å²) in [5, 5.41) is 33.4. The Balaban J connectivity index is -0.000000514. The minimum atomic E-state index is -0.896. The summed E-state index contributed by atoms with van der Waals surface area (Å²) in [6.07, 6.45) is 4.90. The molecular formula is C48H94N6O11. The number of ether oxygens (including phenoxy) is 4. The van der Waals surface area contributed by atoms with E-state index in [1.807, 2.05) is 79.7 Å². The molecule has 1 aliphatic rings. The first-order valence-electron chi connectivity index (χ1n) is 23.4. The largest absolute Gasteiger partial charge is 0.466 e. The number of fused-ring (bicyclic) bond motifs is 1. The van der Waals surface area contributed by atoms with Crippen molar-refractivity contribution in [3.05, 3.63) is 36.5 Å². The molecular weight excluding hydrogens is 837 g/mol. The van der Waals surface area contributed by atoms with E-state index in [0.717, 1.165) is 50.3 Å². The number of pyridine rings is 1. The van der Waals surface area contributed by atoms with E-state index in [0.29, 0.717) is 24.6 Å². The van der Waals surface area contributed by atoms with Crippen LogP contribution in [0.4, 0.5) is 10.5 Å². The van der Waals surface area contributed by atoms with Gasteiger partial charge in [-0.1, -0.05) is 80.0 Å². The number of carbonyl (C=O) groups is 3. The topological polar surface area (TPSA) is 245 Å². The molecule has 0 radical (unpaired) electrons. The highest BCUT2D eigenvalue weighted by atomic mass is 16.7. The molecule has 3 amide bonds. The molecule has 0 aliphatic carbocycles. The molecule has 0 saturated carbocycles. The van der Waals surface area contributed by atoms with Crippen LogP contribution < -0.4 is 22.3 Å². The zero-order chi connectivity index (χ0) is 49.8. The number of aromatic nitrogens is 1. The van der Waals surface area contributed by atoms with Gasteiger partial charge in [0.25, 0.3) is 0 Å². The van der Waals surface area contributed by atoms with Gasteiger partial charge in [0, 0.05) is 57.1 Å². The van der Waals surface area contributed by atoms with Crippen molar-refractivity contribution in [3.8, 4) is 0 Å². The molecule has 1 aliphatic heterocycles. The summed E-state index contributed by atoms with van der Waals surface area (Å²) < 4.78 is 22.3. The first-order valence-corrected chi connectivity index (χ1v) is 23.4. The Morgan fingerprint density at radius 1 is 0.923 bits per heavy atom. The predicted octanol–water partition coefficient (Wildman–Crippen LogP) is 8.38. The summed E-state index contributed by atoms with van der Waals surface area (Å²) in [5.74, 6) is -1.13. The second kappa shape index (κ2) is 41.9. The summed E-state index contributed by atoms with van der Waals surface area (Å²) in [6.45, 7) is 28.4. The monoisotopic (exact) mass is 931 g/mol. The maximum absolute atomic E-state index is 13.1. The molecule has 7 unspecified atom stereocenters. The fraction of sp³-hybridized carbons (Fsp3) is 0.750. The van der Waals surface area contributed by atoms with Crippen molar-refractivity contribution in [3.63, 3.8) is 0 Å². The molecule has 9 N–H and O–H groups in total. The molecule has 1 fully saturated rings. The first-order chi connectivity index (χ1) is 30.5. The van der Waals surface area contributed by atoms with Gasteiger partial charge in [0.15, 0.2) is 6.29 Å². The smallest absolute Gasteiger partial charge is 0.321 e. The van der Waals surface area contributed by atoms with Crippen LogP contribution in [0.3, 0.4) is 0 Å². The number of hydrogen-bond donors (Lipinski definition) is 7. The third-order valence-corrected chi connectivity index (χ3v) is 9.84. The van der Waals surface area contributed by atoms with Crippen LogP contribution in [0.25, 0.3) is 10.9 Å². The molecule has 0 bridgehead atoms. The maximum Gasteiger partial charge on any atom is 0.321 e. The van der Waals surface area contributed by atoms with Gasteiger partial charge >= 0.3 is 12.0 Å². The normalized spacial score (nSPS) is 18.1. The van der Waals surface area contributed by atoms with Crippen molar-refractivity contribution in [1.29, 1.82) is 0 Å². The Hall–Kier alpha value is -3.52. The van der Waals surface area contributed by atoms with E-state index in [1.54, 1.807) is 45.0 Å². The Labute approximate surface area is 393 Å². The molecule has 2 aromatic rings. The SMILES string of the molecule is CC.CC.CCCOC(C)CC.CCC[C@@H](C)C(=O)NC(C)C(O)NOC.CCOC(=O)C(C)[C@@H](O)C[C@H](C)OC1CC(N(C)C(=O)Nc2ccnc3ccccc23)CC(C)O1.CO.N. The van der Waals surface area contributed by atoms with Gasteiger partial charge in [0.2, 0.25) is 5.91 Å². The van der Waals surface area contributed by atoms with Gasteiger partial charge in [-0.2, -0.15) is 5.48 Å². The lowest BCUT2D eigenvalue weighted by atomic mass is 9.99. The summed E-state index contributed by atoms with van der Waals surface area (Å²) in [7, 11) is 4.18. The van der Waals surface area contributed by atoms with Crippen LogP contribution in [0, 0.1) is 11.8 Å². The molecule has 0 spiro atoms. The average molecular weight is 931 g/mol. The van der Waals surface area contributed by atoms with Gasteiger partial charge in [-0.05, 0) is 79.4 Å². The molecule has 1 saturated heterocycles. The van der Waals surface area contributed by atoms with Crippen molar-refractivity contribution >= 4 is 34.5 Å². The number of nitrogens with one attached hydrogen (secondary N) is 3. The minimum Gasteiger partial charge on any atom is -0.466 e. The maximum atomic E-state index is 13.1. The molecule has 382 valence electrons. The number of aliphatic hydroxyl groups excluding tert-OH is 3. The van der Waals surface area contributed by atoms with E-state index in [2.05, 4.69) is 46.7 Å². The van der Waals surface area contributed by atoms with Gasteiger partial charge in [0.1, 0.15) is 6.23 Å². The van der Waals surface area contributed by atoms with Crippen LogP contribution in [0.2, 0.25) is 0 Å². The first kappa shape index (κ1) is 68.1. The lowest BCUT2D eigenvalue weighted by molar-refractivity contribution is -0.221. The Morgan fingerprint density at radius 2 is 1.54 bits per heavy atom. The summed E-state index contributed by atoms with van der Waals surface area (Å²) in [6, 6.07) is 8.76. The second-order valence-corrected chi connectivity index (χ2v) is 15.1. The van der Waals surface area contributed by atoms with Crippen molar-refractivity contribution in [1.82, 2.24) is 26.8 Å². The van der Waals surface area contributed by atoms with E-state index in [-0.39, 0.29) is 61.3 Å². The molecule has 17 nitrogen and oxygen atoms in total. The van der Waals surface area contributed by atoms with Gasteiger partial charge in [0.05, 0.1) is 61.3 Å². The Morgan fingerprint density at radius 3 is 2.09 bits per heavy atom. The molecule has 1 aromatic heterocycles. The number of anilines is 1. The van der Waals surface area contributed by atoms with E-state index >= 15 is 0 Å². The van der Waals surface area contributed by atoms with Crippen LogP contribution in [-0.4, -0.2) is 127 Å². The van der Waals surface area contributed by atoms with Gasteiger partial charge in [-0.3, -0.25) is 14.6 Å². The van der Waals surface area contributed by atoms with Crippen LogP contribution in [-0.2, 0) is 33.4 Å². The molecule has 65 heavy (non-hydrogen) atoms. The van der Waals surface area contributed by atoms with Crippen molar-refractivity contribution in [2.24, 2.45) is 11.8 Å². The summed E-state index contributed by atoms with van der Waals surface area (Å²) in [5.41, 5.74) is 3.88. The molecule has 10 atom stereocenters. The average Bonchev–Trinajstić information content (AvgIpc) is 3.30. The van der Waals surface area contributed by atoms with E-state index < -0.39 is 30.5 Å². The van der Waals surface area contributed by atoms with Gasteiger partial charge in [-0.25, -0.2) is 4.79 Å². The van der Waals surface area contributed by atoms with Crippen molar-refractivity contribution in [2.45, 2.75) is 191 Å². The van der Waals surface area contributed by atoms with E-state index in [4.69, 9.17) is 24.1 Å². The Kier molecular flexibility index (Phi) is 43.9. The van der Waals surface area contributed by atoms with Crippen LogP contribution >= 0.6 is 0 Å². The molecule has 2 heterocycles. The third kappa shape index (κ3) is 29.0. The molecule has 1 aromatic carbocycles. The zero-order valence-electron chi connectivity index (χ0n) is 43.3. The Bertz CT molecular complexity index is 1460. The van der Waals surface area contributed by atoms with Gasteiger partial charge < -0.3 is 60.8 Å². The van der Waals surface area contributed by atoms with Crippen molar-refractivity contribution < 1.29 is 53.5 Å². The number of para-hydroxylation sites is 1.